The van der Waals surface area contributed by atoms with Gasteiger partial charge in [-0.2, -0.15) is 0 Å². The molecule has 0 radical (unpaired) electrons. The maximum atomic E-state index is 12.2. The minimum atomic E-state index is -1.11. The Morgan fingerprint density at radius 1 is 1.36 bits per heavy atom. The monoisotopic (exact) mass is 310 g/mol. The number of amides is 1. The second-order valence-corrected chi connectivity index (χ2v) is 5.02. The summed E-state index contributed by atoms with van der Waals surface area (Å²) in [5.41, 5.74) is 0.242. The highest BCUT2D eigenvalue weighted by Crippen LogP contribution is 2.31. The lowest BCUT2D eigenvalue weighted by atomic mass is 10.1. The first-order chi connectivity index (χ1) is 10.4. The van der Waals surface area contributed by atoms with Gasteiger partial charge in [0.1, 0.15) is 12.6 Å². The van der Waals surface area contributed by atoms with Gasteiger partial charge in [0.05, 0.1) is 12.7 Å². The number of aliphatic carboxylic acids is 1. The van der Waals surface area contributed by atoms with Gasteiger partial charge in [-0.3, -0.25) is 9.59 Å². The van der Waals surface area contributed by atoms with Crippen molar-refractivity contribution >= 4 is 11.9 Å². The van der Waals surface area contributed by atoms with Crippen LogP contribution in [0.15, 0.2) is 18.2 Å². The summed E-state index contributed by atoms with van der Waals surface area (Å²) in [7, 11) is 5.30. The van der Waals surface area contributed by atoms with Crippen molar-refractivity contribution in [2.24, 2.45) is 0 Å². The molecule has 1 aromatic rings. The van der Waals surface area contributed by atoms with E-state index in [0.717, 1.165) is 0 Å². The van der Waals surface area contributed by atoms with Crippen LogP contribution < -0.4 is 14.8 Å². The van der Waals surface area contributed by atoms with Gasteiger partial charge in [-0.15, -0.1) is 0 Å². The number of rotatable bonds is 8. The predicted octanol–water partition coefficient (Wildman–Crippen LogP) is 0.839. The first-order valence-electron chi connectivity index (χ1n) is 6.85. The van der Waals surface area contributed by atoms with Gasteiger partial charge < -0.3 is 24.8 Å². The van der Waals surface area contributed by atoms with Crippen LogP contribution in [0.1, 0.15) is 17.3 Å². The number of para-hydroxylation sites is 1. The summed E-state index contributed by atoms with van der Waals surface area (Å²) in [6.07, 6.45) is 0. The smallest absolute Gasteiger partial charge is 0.325 e. The number of hydrogen-bond acceptors (Lipinski definition) is 5. The number of carbonyl (C=O) groups excluding carboxylic acids is 1. The molecule has 1 atom stereocenters. The number of hydrogen-bond donors (Lipinski definition) is 2. The fourth-order valence-corrected chi connectivity index (χ4v) is 1.67. The number of nitrogens with one attached hydrogen (secondary N) is 1. The molecule has 1 rings (SSSR count). The minimum absolute atomic E-state index is 0.242. The third-order valence-electron chi connectivity index (χ3n) is 2.95. The van der Waals surface area contributed by atoms with E-state index in [1.807, 2.05) is 19.0 Å². The maximum Gasteiger partial charge on any atom is 0.325 e. The fourth-order valence-electron chi connectivity index (χ4n) is 1.67. The van der Waals surface area contributed by atoms with E-state index in [1.165, 1.54) is 14.0 Å². The number of benzene rings is 1. The lowest BCUT2D eigenvalue weighted by molar-refractivity contribution is -0.138. The molecular weight excluding hydrogens is 288 g/mol. The molecule has 7 nitrogen and oxygen atoms in total. The van der Waals surface area contributed by atoms with E-state index in [1.54, 1.807) is 18.2 Å². The molecule has 7 heteroatoms. The standard InChI is InChI=1S/C15H22N2O5/c1-10(15(19)20)16-14(18)11-6-5-7-12(21-4)13(11)22-9-8-17(2)3/h5-7,10H,8-9H2,1-4H3,(H,16,18)(H,19,20). The molecule has 1 unspecified atom stereocenters. The van der Waals surface area contributed by atoms with Gasteiger partial charge in [0.15, 0.2) is 11.5 Å². The quantitative estimate of drug-likeness (QED) is 0.740. The van der Waals surface area contributed by atoms with Gasteiger partial charge in [0, 0.05) is 6.54 Å². The van der Waals surface area contributed by atoms with Crippen LogP contribution in [-0.4, -0.2) is 62.3 Å². The SMILES string of the molecule is COc1cccc(C(=O)NC(C)C(=O)O)c1OCCN(C)C. The summed E-state index contributed by atoms with van der Waals surface area (Å²) in [5.74, 6) is -0.892. The Balaban J connectivity index is 2.97. The summed E-state index contributed by atoms with van der Waals surface area (Å²) in [6, 6.07) is 3.91. The van der Waals surface area contributed by atoms with Crippen molar-refractivity contribution in [3.8, 4) is 11.5 Å². The van der Waals surface area contributed by atoms with Crippen molar-refractivity contribution in [2.45, 2.75) is 13.0 Å². The molecule has 0 bridgehead atoms. The van der Waals surface area contributed by atoms with Crippen molar-refractivity contribution in [3.63, 3.8) is 0 Å². The normalized spacial score (nSPS) is 11.9. The Kier molecular flexibility index (Phi) is 6.65. The third kappa shape index (κ3) is 4.92. The number of likely N-dealkylation sites (N-methyl/N-ethyl adjacent to an activating group) is 1. The summed E-state index contributed by atoms with van der Waals surface area (Å²) < 4.78 is 10.9. The number of ether oxygens (including phenoxy) is 2. The zero-order valence-corrected chi connectivity index (χ0v) is 13.3. The lowest BCUT2D eigenvalue weighted by Crippen LogP contribution is -2.38. The number of nitrogens with zero attached hydrogens (tertiary/aromatic N) is 1. The largest absolute Gasteiger partial charge is 0.493 e. The van der Waals surface area contributed by atoms with Crippen molar-refractivity contribution in [1.82, 2.24) is 10.2 Å². The van der Waals surface area contributed by atoms with Crippen LogP contribution in [0.2, 0.25) is 0 Å². The highest BCUT2D eigenvalue weighted by molar-refractivity contribution is 5.99. The first kappa shape index (κ1) is 17.8. The third-order valence-corrected chi connectivity index (χ3v) is 2.95. The summed E-state index contributed by atoms with van der Waals surface area (Å²) >= 11 is 0. The highest BCUT2D eigenvalue weighted by atomic mass is 16.5. The number of methoxy groups -OCH3 is 1. The topological polar surface area (TPSA) is 88.1 Å². The first-order valence-corrected chi connectivity index (χ1v) is 6.85. The molecule has 1 amide bonds. The zero-order chi connectivity index (χ0) is 16.7. The van der Waals surface area contributed by atoms with Crippen LogP contribution in [0.25, 0.3) is 0 Å². The molecule has 0 saturated heterocycles. The molecule has 0 aliphatic heterocycles. The van der Waals surface area contributed by atoms with Gasteiger partial charge in [-0.25, -0.2) is 0 Å². The van der Waals surface area contributed by atoms with Crippen LogP contribution in [-0.2, 0) is 4.79 Å². The lowest BCUT2D eigenvalue weighted by Gasteiger charge is -2.17. The molecule has 0 aliphatic rings. The fraction of sp³-hybridized carbons (Fsp3) is 0.467. The van der Waals surface area contributed by atoms with E-state index >= 15 is 0 Å². The van der Waals surface area contributed by atoms with Gasteiger partial charge >= 0.3 is 5.97 Å². The van der Waals surface area contributed by atoms with Gasteiger partial charge in [0.2, 0.25) is 0 Å². The Morgan fingerprint density at radius 2 is 2.05 bits per heavy atom. The average molecular weight is 310 g/mol. The summed E-state index contributed by atoms with van der Waals surface area (Å²) in [4.78, 5) is 25.0. The van der Waals surface area contributed by atoms with Crippen LogP contribution in [0.4, 0.5) is 0 Å². The average Bonchev–Trinajstić information content (AvgIpc) is 2.46. The molecule has 0 aromatic heterocycles. The van der Waals surface area contributed by atoms with Crippen LogP contribution in [0, 0.1) is 0 Å². The second kappa shape index (κ2) is 8.23. The van der Waals surface area contributed by atoms with Gasteiger partial charge in [0.25, 0.3) is 5.91 Å². The van der Waals surface area contributed by atoms with Crippen molar-refractivity contribution in [3.05, 3.63) is 23.8 Å². The minimum Gasteiger partial charge on any atom is -0.493 e. The number of carbonyl (C=O) groups is 2. The summed E-state index contributed by atoms with van der Waals surface area (Å²) in [6.45, 7) is 2.44. The molecule has 0 heterocycles. The Bertz CT molecular complexity index is 531. The van der Waals surface area contributed by atoms with Crippen molar-refractivity contribution in [1.29, 1.82) is 0 Å². The molecule has 0 fully saturated rings. The predicted molar refractivity (Wildman–Crippen MR) is 81.6 cm³/mol. The van der Waals surface area contributed by atoms with E-state index in [9.17, 15) is 9.59 Å². The van der Waals surface area contributed by atoms with Crippen LogP contribution in [0.5, 0.6) is 11.5 Å². The highest BCUT2D eigenvalue weighted by Gasteiger charge is 2.21. The molecule has 22 heavy (non-hydrogen) atoms. The molecule has 1 aromatic carbocycles. The van der Waals surface area contributed by atoms with Gasteiger partial charge in [-0.05, 0) is 33.2 Å². The molecule has 0 spiro atoms. The van der Waals surface area contributed by atoms with E-state index in [2.05, 4.69) is 5.32 Å². The van der Waals surface area contributed by atoms with E-state index < -0.39 is 17.9 Å². The Labute approximate surface area is 129 Å². The molecule has 0 saturated carbocycles. The molecule has 122 valence electrons. The number of carboxylic acid groups (broad SMARTS) is 1. The van der Waals surface area contributed by atoms with Gasteiger partial charge in [-0.1, -0.05) is 6.07 Å². The molecule has 0 aliphatic carbocycles. The Morgan fingerprint density at radius 3 is 2.59 bits per heavy atom. The zero-order valence-electron chi connectivity index (χ0n) is 13.3. The van der Waals surface area contributed by atoms with Crippen LogP contribution >= 0.6 is 0 Å². The molecular formula is C15H22N2O5. The van der Waals surface area contributed by atoms with Crippen molar-refractivity contribution in [2.75, 3.05) is 34.4 Å². The van der Waals surface area contributed by atoms with Crippen molar-refractivity contribution < 1.29 is 24.2 Å². The summed E-state index contributed by atoms with van der Waals surface area (Å²) in [5, 5.41) is 11.3. The van der Waals surface area contributed by atoms with Crippen LogP contribution in [0.3, 0.4) is 0 Å². The van der Waals surface area contributed by atoms with E-state index in [4.69, 9.17) is 14.6 Å². The Hall–Kier alpha value is -2.28. The molecule has 2 N–H and O–H groups in total. The van der Waals surface area contributed by atoms with E-state index in [0.29, 0.717) is 24.7 Å². The number of carboxylic acids is 1. The van der Waals surface area contributed by atoms with E-state index in [-0.39, 0.29) is 5.56 Å². The second-order valence-electron chi connectivity index (χ2n) is 5.02. The maximum absolute atomic E-state index is 12.2.